The SMILES string of the molecule is NCCCCCCN1CCC(C(c2ccccc2)c2ccccc2)CC1. The van der Waals surface area contributed by atoms with Crippen LogP contribution in [0.5, 0.6) is 0 Å². The molecule has 0 aromatic heterocycles. The molecule has 1 heterocycles. The third-order valence-electron chi connectivity index (χ3n) is 5.85. The Balaban J connectivity index is 1.58. The summed E-state index contributed by atoms with van der Waals surface area (Å²) in [6, 6.07) is 22.2. The van der Waals surface area contributed by atoms with Gasteiger partial charge in [-0.05, 0) is 68.9 Å². The van der Waals surface area contributed by atoms with Crippen molar-refractivity contribution in [1.82, 2.24) is 4.90 Å². The molecule has 3 rings (SSSR count). The fourth-order valence-electron chi connectivity index (χ4n) is 4.40. The molecule has 0 spiro atoms. The van der Waals surface area contributed by atoms with E-state index in [0.29, 0.717) is 5.92 Å². The van der Waals surface area contributed by atoms with E-state index in [4.69, 9.17) is 5.73 Å². The normalized spacial score (nSPS) is 16.2. The van der Waals surface area contributed by atoms with Crippen LogP contribution >= 0.6 is 0 Å². The molecule has 0 radical (unpaired) electrons. The first-order valence-corrected chi connectivity index (χ1v) is 10.4. The second-order valence-corrected chi connectivity index (χ2v) is 7.68. The molecule has 140 valence electrons. The van der Waals surface area contributed by atoms with Crippen molar-refractivity contribution in [2.45, 2.75) is 44.4 Å². The Morgan fingerprint density at radius 3 is 1.85 bits per heavy atom. The molecule has 0 unspecified atom stereocenters. The lowest BCUT2D eigenvalue weighted by atomic mass is 9.76. The molecule has 26 heavy (non-hydrogen) atoms. The summed E-state index contributed by atoms with van der Waals surface area (Å²) in [6.07, 6.45) is 7.72. The molecule has 2 aromatic rings. The van der Waals surface area contributed by atoms with Crippen LogP contribution in [0.1, 0.15) is 55.6 Å². The summed E-state index contributed by atoms with van der Waals surface area (Å²) >= 11 is 0. The van der Waals surface area contributed by atoms with Crippen molar-refractivity contribution in [3.05, 3.63) is 71.8 Å². The van der Waals surface area contributed by atoms with Crippen LogP contribution in [0.2, 0.25) is 0 Å². The number of likely N-dealkylation sites (tertiary alicyclic amines) is 1. The average Bonchev–Trinajstić information content (AvgIpc) is 2.71. The topological polar surface area (TPSA) is 29.3 Å². The highest BCUT2D eigenvalue weighted by Gasteiger charge is 2.28. The number of hydrogen-bond acceptors (Lipinski definition) is 2. The third kappa shape index (κ3) is 5.43. The van der Waals surface area contributed by atoms with Crippen molar-refractivity contribution in [2.24, 2.45) is 11.7 Å². The summed E-state index contributed by atoms with van der Waals surface area (Å²) in [7, 11) is 0. The number of nitrogens with zero attached hydrogens (tertiary/aromatic N) is 1. The molecule has 1 aliphatic rings. The van der Waals surface area contributed by atoms with E-state index in [9.17, 15) is 0 Å². The van der Waals surface area contributed by atoms with E-state index in [0.717, 1.165) is 12.5 Å². The van der Waals surface area contributed by atoms with E-state index in [1.54, 1.807) is 0 Å². The van der Waals surface area contributed by atoms with Crippen molar-refractivity contribution in [2.75, 3.05) is 26.2 Å². The van der Waals surface area contributed by atoms with E-state index < -0.39 is 0 Å². The molecule has 2 N–H and O–H groups in total. The van der Waals surface area contributed by atoms with Gasteiger partial charge in [0.1, 0.15) is 0 Å². The van der Waals surface area contributed by atoms with E-state index in [2.05, 4.69) is 65.6 Å². The van der Waals surface area contributed by atoms with Crippen molar-refractivity contribution in [3.63, 3.8) is 0 Å². The van der Waals surface area contributed by atoms with Gasteiger partial charge in [0.05, 0.1) is 0 Å². The Morgan fingerprint density at radius 2 is 1.31 bits per heavy atom. The van der Waals surface area contributed by atoms with Gasteiger partial charge in [-0.25, -0.2) is 0 Å². The molecule has 0 aliphatic carbocycles. The largest absolute Gasteiger partial charge is 0.330 e. The maximum atomic E-state index is 5.58. The summed E-state index contributed by atoms with van der Waals surface area (Å²) in [6.45, 7) is 4.60. The van der Waals surface area contributed by atoms with Crippen molar-refractivity contribution >= 4 is 0 Å². The van der Waals surface area contributed by atoms with Crippen LogP contribution in [-0.2, 0) is 0 Å². The minimum absolute atomic E-state index is 0.532. The van der Waals surface area contributed by atoms with Crippen LogP contribution in [0, 0.1) is 5.92 Å². The summed E-state index contributed by atoms with van der Waals surface area (Å²) in [5.74, 6) is 1.28. The molecular weight excluding hydrogens is 316 g/mol. The van der Waals surface area contributed by atoms with Gasteiger partial charge in [-0.2, -0.15) is 0 Å². The van der Waals surface area contributed by atoms with Gasteiger partial charge in [-0.1, -0.05) is 73.5 Å². The van der Waals surface area contributed by atoms with Gasteiger partial charge in [0.2, 0.25) is 0 Å². The fourth-order valence-corrected chi connectivity index (χ4v) is 4.40. The predicted octanol–water partition coefficient (Wildman–Crippen LogP) is 5.05. The number of benzene rings is 2. The number of hydrogen-bond donors (Lipinski definition) is 1. The summed E-state index contributed by atoms with van der Waals surface area (Å²) in [5, 5.41) is 0. The monoisotopic (exact) mass is 350 g/mol. The Kier molecular flexibility index (Phi) is 7.72. The molecule has 1 fully saturated rings. The quantitative estimate of drug-likeness (QED) is 0.641. The summed E-state index contributed by atoms with van der Waals surface area (Å²) < 4.78 is 0. The predicted molar refractivity (Wildman–Crippen MR) is 111 cm³/mol. The second-order valence-electron chi connectivity index (χ2n) is 7.68. The molecule has 2 heteroatoms. The highest BCUT2D eigenvalue weighted by molar-refractivity contribution is 5.33. The van der Waals surface area contributed by atoms with Crippen molar-refractivity contribution in [3.8, 4) is 0 Å². The van der Waals surface area contributed by atoms with Gasteiger partial charge in [-0.15, -0.1) is 0 Å². The zero-order valence-electron chi connectivity index (χ0n) is 16.0. The van der Waals surface area contributed by atoms with Crippen molar-refractivity contribution in [1.29, 1.82) is 0 Å². The molecule has 0 atom stereocenters. The van der Waals surface area contributed by atoms with Gasteiger partial charge >= 0.3 is 0 Å². The second kappa shape index (κ2) is 10.5. The zero-order chi connectivity index (χ0) is 18.0. The van der Waals surface area contributed by atoms with Crippen LogP contribution in [0.15, 0.2) is 60.7 Å². The highest BCUT2D eigenvalue weighted by atomic mass is 15.1. The molecule has 0 bridgehead atoms. The third-order valence-corrected chi connectivity index (χ3v) is 5.85. The van der Waals surface area contributed by atoms with Crippen molar-refractivity contribution < 1.29 is 0 Å². The van der Waals surface area contributed by atoms with E-state index in [-0.39, 0.29) is 0 Å². The van der Waals surface area contributed by atoms with Gasteiger partial charge in [-0.3, -0.25) is 0 Å². The molecule has 1 aliphatic heterocycles. The van der Waals surface area contributed by atoms with Gasteiger partial charge < -0.3 is 10.6 Å². The fraction of sp³-hybridized carbons (Fsp3) is 0.500. The minimum Gasteiger partial charge on any atom is -0.330 e. The van der Waals surface area contributed by atoms with Gasteiger partial charge in [0.25, 0.3) is 0 Å². The summed E-state index contributed by atoms with van der Waals surface area (Å²) in [5.41, 5.74) is 8.53. The van der Waals surface area contributed by atoms with E-state index in [1.165, 1.54) is 69.3 Å². The number of rotatable bonds is 9. The Morgan fingerprint density at radius 1 is 0.769 bits per heavy atom. The summed E-state index contributed by atoms with van der Waals surface area (Å²) in [4.78, 5) is 2.67. The lowest BCUT2D eigenvalue weighted by Gasteiger charge is -2.36. The van der Waals surface area contributed by atoms with Crippen LogP contribution in [0.25, 0.3) is 0 Å². The first-order chi connectivity index (χ1) is 12.9. The molecule has 2 nitrogen and oxygen atoms in total. The number of unbranched alkanes of at least 4 members (excludes halogenated alkanes) is 3. The smallest absolute Gasteiger partial charge is 0.0119 e. The van der Waals surface area contributed by atoms with Crippen LogP contribution in [0.4, 0.5) is 0 Å². The Bertz CT molecular complexity index is 563. The zero-order valence-corrected chi connectivity index (χ0v) is 16.0. The molecule has 1 saturated heterocycles. The highest BCUT2D eigenvalue weighted by Crippen LogP contribution is 2.37. The standard InChI is InChI=1S/C24H34N2/c25-17-9-1-2-10-18-26-19-15-23(16-20-26)24(21-11-5-3-6-12-21)22-13-7-4-8-14-22/h3-8,11-14,23-24H,1-2,9-10,15-20,25H2. The van der Waals surface area contributed by atoms with E-state index in [1.807, 2.05) is 0 Å². The van der Waals surface area contributed by atoms with Gasteiger partial charge in [0.15, 0.2) is 0 Å². The van der Waals surface area contributed by atoms with Crippen LogP contribution in [0.3, 0.4) is 0 Å². The molecule has 2 aromatic carbocycles. The maximum Gasteiger partial charge on any atom is 0.0119 e. The Labute approximate surface area is 159 Å². The molecule has 0 amide bonds. The average molecular weight is 351 g/mol. The lowest BCUT2D eigenvalue weighted by Crippen LogP contribution is -2.36. The molecule has 0 saturated carbocycles. The number of nitrogens with two attached hydrogens (primary N) is 1. The van der Waals surface area contributed by atoms with Gasteiger partial charge in [0, 0.05) is 5.92 Å². The lowest BCUT2D eigenvalue weighted by molar-refractivity contribution is 0.172. The number of piperidine rings is 1. The van der Waals surface area contributed by atoms with Crippen LogP contribution < -0.4 is 5.73 Å². The first-order valence-electron chi connectivity index (χ1n) is 10.4. The Hall–Kier alpha value is -1.64. The first kappa shape index (κ1) is 19.1. The minimum atomic E-state index is 0.532. The molecular formula is C24H34N2. The van der Waals surface area contributed by atoms with E-state index >= 15 is 0 Å². The maximum absolute atomic E-state index is 5.58. The van der Waals surface area contributed by atoms with Crippen LogP contribution in [-0.4, -0.2) is 31.1 Å².